The van der Waals surface area contributed by atoms with E-state index in [1.807, 2.05) is 0 Å². The Hall–Kier alpha value is 0.309. The quantitative estimate of drug-likeness (QED) is 0.239. The standard InChI is InChI=1S/3C4H9.C3F7.Sn/c3*1-3-4-2;4-1(2(5,6)7)3(8,9)10;/h3*1,3-4H2,2H3;;. The van der Waals surface area contributed by atoms with E-state index in [1.165, 1.54) is 0 Å². The van der Waals surface area contributed by atoms with E-state index < -0.39 is 34.4 Å². The SMILES string of the molecule is CCC[CH2][Sn]([CH2]CCC)([CH2]CCC)[C](F)(C(F)(F)F)C(F)(F)F. The third-order valence-corrected chi connectivity index (χ3v) is 21.6. The molecule has 0 saturated carbocycles. The molecule has 0 rings (SSSR count). The molecule has 0 atom stereocenters. The summed E-state index contributed by atoms with van der Waals surface area (Å²) < 4.78 is 89.4. The van der Waals surface area contributed by atoms with Crippen molar-refractivity contribution in [1.29, 1.82) is 0 Å². The van der Waals surface area contributed by atoms with Crippen molar-refractivity contribution in [2.45, 2.75) is 88.6 Å². The first-order valence-electron chi connectivity index (χ1n) is 8.25. The number of alkyl halides is 7. The van der Waals surface area contributed by atoms with Crippen molar-refractivity contribution in [3.8, 4) is 0 Å². The molecule has 23 heavy (non-hydrogen) atoms. The van der Waals surface area contributed by atoms with Crippen LogP contribution in [-0.2, 0) is 0 Å². The van der Waals surface area contributed by atoms with Gasteiger partial charge in [-0.3, -0.25) is 0 Å². The maximum atomic E-state index is 14.9. The maximum absolute atomic E-state index is 14.9. The van der Waals surface area contributed by atoms with Crippen LogP contribution in [0.25, 0.3) is 0 Å². The van der Waals surface area contributed by atoms with Crippen molar-refractivity contribution in [2.24, 2.45) is 0 Å². The molecular formula is C15H27F7Sn. The summed E-state index contributed by atoms with van der Waals surface area (Å²) in [4.78, 5) is 0. The van der Waals surface area contributed by atoms with Crippen molar-refractivity contribution < 1.29 is 30.7 Å². The van der Waals surface area contributed by atoms with Crippen molar-refractivity contribution in [2.75, 3.05) is 0 Å². The van der Waals surface area contributed by atoms with Crippen molar-refractivity contribution in [3.63, 3.8) is 0 Å². The molecule has 0 fully saturated rings. The topological polar surface area (TPSA) is 0 Å². The summed E-state index contributed by atoms with van der Waals surface area (Å²) >= 11 is -5.25. The minimum absolute atomic E-state index is 0.194. The van der Waals surface area contributed by atoms with E-state index in [4.69, 9.17) is 0 Å². The summed E-state index contributed by atoms with van der Waals surface area (Å²) in [7, 11) is 0. The molecule has 0 aromatic heterocycles. The van der Waals surface area contributed by atoms with Crippen LogP contribution in [0.2, 0.25) is 13.3 Å². The molecular weight excluding hydrogens is 432 g/mol. The normalized spacial score (nSPS) is 14.3. The van der Waals surface area contributed by atoms with Gasteiger partial charge in [0.25, 0.3) is 0 Å². The summed E-state index contributed by atoms with van der Waals surface area (Å²) in [6, 6.07) is 0. The van der Waals surface area contributed by atoms with Gasteiger partial charge in [0, 0.05) is 0 Å². The van der Waals surface area contributed by atoms with E-state index in [1.54, 1.807) is 20.8 Å². The van der Waals surface area contributed by atoms with Gasteiger partial charge in [-0.25, -0.2) is 0 Å². The molecule has 8 heteroatoms. The first kappa shape index (κ1) is 23.3. The third kappa shape index (κ3) is 5.14. The van der Waals surface area contributed by atoms with E-state index in [0.717, 1.165) is 0 Å². The molecule has 0 aromatic rings. The molecule has 0 aliphatic heterocycles. The van der Waals surface area contributed by atoms with E-state index >= 15 is 0 Å². The van der Waals surface area contributed by atoms with Crippen LogP contribution in [0, 0.1) is 0 Å². The van der Waals surface area contributed by atoms with E-state index in [2.05, 4.69) is 0 Å². The van der Waals surface area contributed by atoms with E-state index in [0.29, 0.717) is 19.3 Å². The monoisotopic (exact) mass is 460 g/mol. The molecule has 0 aliphatic rings. The summed E-state index contributed by atoms with van der Waals surface area (Å²) in [5.41, 5.74) is 0. The molecule has 0 N–H and O–H groups in total. The second kappa shape index (κ2) is 9.13. The van der Waals surface area contributed by atoms with Crippen LogP contribution in [0.5, 0.6) is 0 Å². The Kier molecular flexibility index (Phi) is 9.25. The van der Waals surface area contributed by atoms with Gasteiger partial charge >= 0.3 is 138 Å². The Balaban J connectivity index is 6.15. The van der Waals surface area contributed by atoms with Gasteiger partial charge in [-0.15, -0.1) is 0 Å². The summed E-state index contributed by atoms with van der Waals surface area (Å²) in [6.45, 7) is 5.12. The Bertz CT molecular complexity index is 300. The van der Waals surface area contributed by atoms with E-state index in [9.17, 15) is 30.7 Å². The average molecular weight is 459 g/mol. The zero-order valence-corrected chi connectivity index (χ0v) is 16.9. The van der Waals surface area contributed by atoms with Crippen molar-refractivity contribution in [3.05, 3.63) is 0 Å². The molecule has 0 amide bonds. The van der Waals surface area contributed by atoms with Gasteiger partial charge < -0.3 is 0 Å². The average Bonchev–Trinajstić information content (AvgIpc) is 2.43. The zero-order chi connectivity index (χ0) is 18.4. The minimum atomic E-state index is -5.88. The zero-order valence-electron chi connectivity index (χ0n) is 14.0. The van der Waals surface area contributed by atoms with Crippen LogP contribution in [0.15, 0.2) is 0 Å². The van der Waals surface area contributed by atoms with Gasteiger partial charge in [-0.2, -0.15) is 0 Å². The van der Waals surface area contributed by atoms with Crippen LogP contribution in [0.1, 0.15) is 59.3 Å². The van der Waals surface area contributed by atoms with E-state index in [-0.39, 0.29) is 32.6 Å². The summed E-state index contributed by atoms with van der Waals surface area (Å²) in [5.74, 6) is 0. The van der Waals surface area contributed by atoms with Gasteiger partial charge in [-0.05, 0) is 0 Å². The van der Waals surface area contributed by atoms with Crippen molar-refractivity contribution >= 4 is 18.4 Å². The van der Waals surface area contributed by atoms with Crippen LogP contribution >= 0.6 is 0 Å². The molecule has 0 saturated heterocycles. The first-order chi connectivity index (χ1) is 10.4. The molecule has 0 aromatic carbocycles. The number of rotatable bonds is 10. The predicted octanol–water partition coefficient (Wildman–Crippen LogP) is 7.21. The Morgan fingerprint density at radius 3 is 1.00 bits per heavy atom. The van der Waals surface area contributed by atoms with Crippen LogP contribution in [0.3, 0.4) is 0 Å². The fraction of sp³-hybridized carbons (Fsp3) is 1.00. The Morgan fingerprint density at radius 1 is 0.565 bits per heavy atom. The van der Waals surface area contributed by atoms with Gasteiger partial charge in [0.05, 0.1) is 0 Å². The third-order valence-electron chi connectivity index (χ3n) is 4.54. The number of hydrogen-bond donors (Lipinski definition) is 0. The van der Waals surface area contributed by atoms with Gasteiger partial charge in [0.1, 0.15) is 0 Å². The number of unbranched alkanes of at least 4 members (excludes halogenated alkanes) is 3. The molecule has 140 valence electrons. The van der Waals surface area contributed by atoms with Gasteiger partial charge in [0.2, 0.25) is 0 Å². The van der Waals surface area contributed by atoms with Crippen LogP contribution in [0.4, 0.5) is 30.7 Å². The number of hydrogen-bond acceptors (Lipinski definition) is 0. The predicted molar refractivity (Wildman–Crippen MR) is 80.8 cm³/mol. The molecule has 0 unspecified atom stereocenters. The Morgan fingerprint density at radius 2 is 0.826 bits per heavy atom. The fourth-order valence-electron chi connectivity index (χ4n) is 3.20. The molecule has 0 heterocycles. The second-order valence-corrected chi connectivity index (χ2v) is 19.8. The van der Waals surface area contributed by atoms with Gasteiger partial charge in [0.15, 0.2) is 0 Å². The second-order valence-electron chi connectivity index (χ2n) is 6.24. The molecule has 0 nitrogen and oxygen atoms in total. The molecule has 0 spiro atoms. The van der Waals surface area contributed by atoms with Gasteiger partial charge in [-0.1, -0.05) is 0 Å². The molecule has 0 aliphatic carbocycles. The summed E-state index contributed by atoms with van der Waals surface area (Å²) in [5, 5.41) is 0. The van der Waals surface area contributed by atoms with Crippen molar-refractivity contribution in [1.82, 2.24) is 0 Å². The molecule has 0 bridgehead atoms. The first-order valence-corrected chi connectivity index (χ1v) is 15.7. The van der Waals surface area contributed by atoms with Crippen LogP contribution in [-0.4, -0.2) is 34.4 Å². The Labute approximate surface area is 138 Å². The number of halogens is 7. The molecule has 0 radical (unpaired) electrons. The fourth-order valence-corrected chi connectivity index (χ4v) is 20.5. The van der Waals surface area contributed by atoms with Crippen LogP contribution < -0.4 is 0 Å². The summed E-state index contributed by atoms with van der Waals surface area (Å²) in [6.07, 6.45) is -9.62.